The lowest BCUT2D eigenvalue weighted by Gasteiger charge is -2.43. The Kier molecular flexibility index (Phi) is 5.95. The third-order valence-corrected chi connectivity index (χ3v) is 7.71. The topological polar surface area (TPSA) is 78.5 Å². The van der Waals surface area contributed by atoms with Crippen molar-refractivity contribution < 1.29 is 13.2 Å². The van der Waals surface area contributed by atoms with Crippen molar-refractivity contribution >= 4 is 21.6 Å². The van der Waals surface area contributed by atoms with E-state index in [0.29, 0.717) is 5.92 Å². The van der Waals surface area contributed by atoms with Gasteiger partial charge in [0.1, 0.15) is 0 Å². The molecule has 3 aliphatic rings. The van der Waals surface area contributed by atoms with E-state index in [1.165, 1.54) is 0 Å². The Hall–Kier alpha value is -2.22. The Morgan fingerprint density at radius 3 is 2.03 bits per heavy atom. The fraction of sp³-hybridized carbons (Fsp3) is 0.435. The summed E-state index contributed by atoms with van der Waals surface area (Å²) in [7, 11) is -3.49. The lowest BCUT2D eigenvalue weighted by Crippen LogP contribution is -2.51. The van der Waals surface area contributed by atoms with Crippen molar-refractivity contribution in [3.63, 3.8) is 0 Å². The second-order valence-electron chi connectivity index (χ2n) is 8.61. The van der Waals surface area contributed by atoms with Crippen LogP contribution in [0.4, 0.5) is 5.69 Å². The van der Waals surface area contributed by atoms with Gasteiger partial charge in [0.25, 0.3) is 0 Å². The van der Waals surface area contributed by atoms with Crippen LogP contribution in [0, 0.1) is 11.8 Å². The summed E-state index contributed by atoms with van der Waals surface area (Å²) in [5.41, 5.74) is 2.69. The molecule has 0 radical (unpaired) electrons. The summed E-state index contributed by atoms with van der Waals surface area (Å²) in [6, 6.07) is 14.4. The van der Waals surface area contributed by atoms with Gasteiger partial charge < -0.3 is 10.2 Å². The smallest absolute Gasteiger partial charge is 0.240 e. The van der Waals surface area contributed by atoms with Gasteiger partial charge in [-0.15, -0.1) is 0 Å². The summed E-state index contributed by atoms with van der Waals surface area (Å²) in [4.78, 5) is 15.4. The number of fused-ring (bicyclic) bond motifs is 3. The second kappa shape index (κ2) is 8.49. The first-order chi connectivity index (χ1) is 14.3. The molecule has 0 aliphatic carbocycles. The molecular weight excluding hydrogens is 398 g/mol. The molecule has 1 amide bonds. The monoisotopic (exact) mass is 427 g/mol. The molecule has 0 saturated carbocycles. The zero-order valence-corrected chi connectivity index (χ0v) is 18.3. The predicted molar refractivity (Wildman–Crippen MR) is 119 cm³/mol. The molecule has 3 saturated heterocycles. The van der Waals surface area contributed by atoms with E-state index in [9.17, 15) is 13.2 Å². The fourth-order valence-electron chi connectivity index (χ4n) is 4.45. The first-order valence-electron chi connectivity index (χ1n) is 10.6. The number of carbonyl (C=O) groups excluding carboxylic acids is 1. The molecule has 30 heavy (non-hydrogen) atoms. The zero-order valence-electron chi connectivity index (χ0n) is 17.5. The van der Waals surface area contributed by atoms with Crippen LogP contribution >= 0.6 is 0 Å². The lowest BCUT2D eigenvalue weighted by atomic mass is 9.78. The Morgan fingerprint density at radius 2 is 1.53 bits per heavy atom. The van der Waals surface area contributed by atoms with E-state index in [4.69, 9.17) is 0 Å². The number of rotatable bonds is 6. The number of hydrogen-bond acceptors (Lipinski definition) is 4. The molecule has 2 aromatic rings. The van der Waals surface area contributed by atoms with Crippen molar-refractivity contribution in [2.75, 3.05) is 25.0 Å². The van der Waals surface area contributed by atoms with E-state index in [2.05, 4.69) is 14.9 Å². The van der Waals surface area contributed by atoms with Crippen molar-refractivity contribution in [3.8, 4) is 11.1 Å². The number of piperidine rings is 3. The molecule has 2 N–H and O–H groups in total. The number of amides is 1. The van der Waals surface area contributed by atoms with Gasteiger partial charge in [0.15, 0.2) is 0 Å². The minimum absolute atomic E-state index is 0.0844. The maximum Gasteiger partial charge on any atom is 0.240 e. The quantitative estimate of drug-likeness (QED) is 0.741. The summed E-state index contributed by atoms with van der Waals surface area (Å²) < 4.78 is 27.1. The number of carbonyl (C=O) groups is 1. The molecule has 2 aromatic carbocycles. The lowest BCUT2D eigenvalue weighted by molar-refractivity contribution is -0.125. The highest BCUT2D eigenvalue weighted by Gasteiger charge is 2.38. The number of nitrogens with one attached hydrogen (secondary N) is 2. The molecule has 1 atom stereocenters. The largest absolute Gasteiger partial charge is 0.326 e. The third-order valence-electron chi connectivity index (χ3n) is 6.03. The fourth-order valence-corrected chi connectivity index (χ4v) is 5.70. The SMILES string of the molecule is CC(C)NS(=O)(=O)c1ccc(-c2ccc(NC(=O)[C@H]3CN4CCC3CC4)cc2)cc1. The van der Waals surface area contributed by atoms with Crippen LogP contribution in [-0.4, -0.2) is 44.9 Å². The van der Waals surface area contributed by atoms with Gasteiger partial charge in [0, 0.05) is 18.3 Å². The van der Waals surface area contributed by atoms with Crippen LogP contribution in [0.25, 0.3) is 11.1 Å². The Bertz CT molecular complexity index is 993. The van der Waals surface area contributed by atoms with Crippen molar-refractivity contribution in [2.45, 2.75) is 37.6 Å². The first-order valence-corrected chi connectivity index (χ1v) is 12.1. The average Bonchev–Trinajstić information content (AvgIpc) is 2.74. The minimum atomic E-state index is -3.49. The van der Waals surface area contributed by atoms with Crippen LogP contribution in [-0.2, 0) is 14.8 Å². The number of sulfonamides is 1. The summed E-state index contributed by atoms with van der Waals surface area (Å²) in [6.45, 7) is 6.70. The Balaban J connectivity index is 1.41. The molecule has 0 unspecified atom stereocenters. The van der Waals surface area contributed by atoms with Crippen molar-refractivity contribution in [1.29, 1.82) is 0 Å². The van der Waals surface area contributed by atoms with Crippen LogP contribution in [0.15, 0.2) is 53.4 Å². The highest BCUT2D eigenvalue weighted by molar-refractivity contribution is 7.89. The number of nitrogens with zero attached hydrogens (tertiary/aromatic N) is 1. The van der Waals surface area contributed by atoms with Gasteiger partial charge in [0.05, 0.1) is 10.8 Å². The van der Waals surface area contributed by atoms with Gasteiger partial charge in [-0.2, -0.15) is 0 Å². The molecule has 160 valence electrons. The van der Waals surface area contributed by atoms with Crippen molar-refractivity contribution in [2.24, 2.45) is 11.8 Å². The van der Waals surface area contributed by atoms with Crippen LogP contribution in [0.3, 0.4) is 0 Å². The molecular formula is C23H29N3O3S. The normalized spacial score (nSPS) is 23.5. The van der Waals surface area contributed by atoms with E-state index in [1.807, 2.05) is 24.3 Å². The van der Waals surface area contributed by atoms with Crippen molar-refractivity contribution in [3.05, 3.63) is 48.5 Å². The summed E-state index contributed by atoms with van der Waals surface area (Å²) in [6.07, 6.45) is 2.24. The van der Waals surface area contributed by atoms with Crippen LogP contribution in [0.2, 0.25) is 0 Å². The van der Waals surface area contributed by atoms with Crippen LogP contribution in [0.5, 0.6) is 0 Å². The predicted octanol–water partition coefficient (Wildman–Crippen LogP) is 3.32. The molecule has 7 heteroatoms. The summed E-state index contributed by atoms with van der Waals surface area (Å²) in [5, 5.41) is 3.07. The molecule has 3 fully saturated rings. The van der Waals surface area contributed by atoms with E-state index >= 15 is 0 Å². The minimum Gasteiger partial charge on any atom is -0.326 e. The maximum atomic E-state index is 12.7. The van der Waals surface area contributed by atoms with E-state index < -0.39 is 10.0 Å². The molecule has 3 heterocycles. The van der Waals surface area contributed by atoms with Gasteiger partial charge in [-0.05, 0) is 81.1 Å². The summed E-state index contributed by atoms with van der Waals surface area (Å²) >= 11 is 0. The molecule has 0 spiro atoms. The second-order valence-corrected chi connectivity index (χ2v) is 10.3. The summed E-state index contributed by atoms with van der Waals surface area (Å²) in [5.74, 6) is 0.708. The Morgan fingerprint density at radius 1 is 0.967 bits per heavy atom. The molecule has 2 bridgehead atoms. The van der Waals surface area contributed by atoms with Crippen LogP contribution < -0.4 is 10.0 Å². The van der Waals surface area contributed by atoms with Crippen LogP contribution in [0.1, 0.15) is 26.7 Å². The average molecular weight is 428 g/mol. The van der Waals surface area contributed by atoms with Gasteiger partial charge in [-0.25, -0.2) is 13.1 Å². The highest BCUT2D eigenvalue weighted by Crippen LogP contribution is 2.33. The highest BCUT2D eigenvalue weighted by atomic mass is 32.2. The Labute approximate surface area is 178 Å². The first kappa shape index (κ1) is 21.0. The van der Waals surface area contributed by atoms with E-state index in [1.54, 1.807) is 38.1 Å². The van der Waals surface area contributed by atoms with Gasteiger partial charge >= 0.3 is 0 Å². The third kappa shape index (κ3) is 4.58. The number of hydrogen-bond donors (Lipinski definition) is 2. The van der Waals surface area contributed by atoms with Gasteiger partial charge in [-0.3, -0.25) is 4.79 Å². The van der Waals surface area contributed by atoms with Gasteiger partial charge in [-0.1, -0.05) is 24.3 Å². The standard InChI is InChI=1S/C23H29N3O3S/c1-16(2)25-30(28,29)21-9-5-18(6-10-21)17-3-7-20(8-4-17)24-23(27)22-15-26-13-11-19(22)12-14-26/h3-10,16,19,22,25H,11-15H2,1-2H3,(H,24,27)/t22-/m0/s1. The van der Waals surface area contributed by atoms with Crippen molar-refractivity contribution in [1.82, 2.24) is 9.62 Å². The zero-order chi connectivity index (χ0) is 21.3. The molecule has 5 rings (SSSR count). The maximum absolute atomic E-state index is 12.7. The molecule has 0 aromatic heterocycles. The van der Waals surface area contributed by atoms with E-state index in [-0.39, 0.29) is 22.8 Å². The van der Waals surface area contributed by atoms with Gasteiger partial charge in [0.2, 0.25) is 15.9 Å². The number of anilines is 1. The number of benzene rings is 2. The molecule has 3 aliphatic heterocycles. The van der Waals surface area contributed by atoms with E-state index in [0.717, 1.165) is 49.3 Å². The molecule has 6 nitrogen and oxygen atoms in total.